The van der Waals surface area contributed by atoms with Gasteiger partial charge < -0.3 is 10.2 Å². The highest BCUT2D eigenvalue weighted by molar-refractivity contribution is 5.88. The van der Waals surface area contributed by atoms with Crippen LogP contribution in [-0.4, -0.2) is 29.3 Å². The van der Waals surface area contributed by atoms with Crippen molar-refractivity contribution in [3.05, 3.63) is 106 Å². The summed E-state index contributed by atoms with van der Waals surface area (Å²) in [6.45, 7) is 6.34. The van der Waals surface area contributed by atoms with Crippen LogP contribution in [0.4, 0.5) is 4.39 Å². The van der Waals surface area contributed by atoms with Gasteiger partial charge in [-0.05, 0) is 49.1 Å². The minimum atomic E-state index is -0.758. The van der Waals surface area contributed by atoms with Crippen molar-refractivity contribution in [3.8, 4) is 0 Å². The number of likely N-dealkylation sites (N-methyl/N-ethyl adjacent to an activating group) is 1. The summed E-state index contributed by atoms with van der Waals surface area (Å²) in [5.74, 6) is -0.851. The van der Waals surface area contributed by atoms with Crippen molar-refractivity contribution in [2.24, 2.45) is 0 Å². The molecule has 2 amide bonds. The average Bonchev–Trinajstić information content (AvgIpc) is 2.80. The average molecular weight is 447 g/mol. The van der Waals surface area contributed by atoms with E-state index in [0.29, 0.717) is 18.5 Å². The number of hydrogen-bond acceptors (Lipinski definition) is 2. The lowest BCUT2D eigenvalue weighted by molar-refractivity contribution is -0.140. The van der Waals surface area contributed by atoms with Gasteiger partial charge in [-0.3, -0.25) is 9.59 Å². The number of hydrogen-bond donors (Lipinski definition) is 1. The highest BCUT2D eigenvalue weighted by atomic mass is 19.1. The van der Waals surface area contributed by atoms with Gasteiger partial charge in [-0.25, -0.2) is 4.39 Å². The van der Waals surface area contributed by atoms with Gasteiger partial charge in [0.05, 0.1) is 6.42 Å². The number of nitrogens with zero attached hydrogens (tertiary/aromatic N) is 1. The van der Waals surface area contributed by atoms with E-state index in [-0.39, 0.29) is 24.8 Å². The van der Waals surface area contributed by atoms with Gasteiger partial charge in [0.15, 0.2) is 0 Å². The second-order valence-corrected chi connectivity index (χ2v) is 8.31. The molecular weight excluding hydrogens is 415 g/mol. The predicted molar refractivity (Wildman–Crippen MR) is 129 cm³/mol. The van der Waals surface area contributed by atoms with Gasteiger partial charge in [-0.15, -0.1) is 0 Å². The summed E-state index contributed by atoms with van der Waals surface area (Å²) >= 11 is 0. The molecular formula is C28H31FN2O2. The number of amides is 2. The summed E-state index contributed by atoms with van der Waals surface area (Å²) in [5.41, 5.74) is 4.44. The maximum absolute atomic E-state index is 14.5. The van der Waals surface area contributed by atoms with E-state index >= 15 is 0 Å². The molecule has 0 saturated heterocycles. The van der Waals surface area contributed by atoms with Crippen LogP contribution >= 0.6 is 0 Å². The quantitative estimate of drug-likeness (QED) is 0.515. The number of rotatable bonds is 9. The van der Waals surface area contributed by atoms with Crippen LogP contribution in [0.1, 0.15) is 34.7 Å². The van der Waals surface area contributed by atoms with Crippen LogP contribution in [0.2, 0.25) is 0 Å². The van der Waals surface area contributed by atoms with Crippen molar-refractivity contribution in [2.45, 2.75) is 46.2 Å². The molecule has 0 bridgehead atoms. The zero-order valence-corrected chi connectivity index (χ0v) is 19.5. The van der Waals surface area contributed by atoms with Crippen molar-refractivity contribution in [1.82, 2.24) is 10.2 Å². The third kappa shape index (κ3) is 6.51. The summed E-state index contributed by atoms with van der Waals surface area (Å²) in [6, 6.07) is 21.1. The molecule has 0 aromatic heterocycles. The van der Waals surface area contributed by atoms with Gasteiger partial charge in [0.25, 0.3) is 0 Å². The maximum Gasteiger partial charge on any atom is 0.243 e. The molecule has 1 N–H and O–H groups in total. The van der Waals surface area contributed by atoms with Gasteiger partial charge in [-0.2, -0.15) is 0 Å². The molecule has 0 spiro atoms. The number of benzene rings is 3. The Hall–Kier alpha value is -3.47. The smallest absolute Gasteiger partial charge is 0.243 e. The van der Waals surface area contributed by atoms with Gasteiger partial charge in [0.2, 0.25) is 11.8 Å². The fourth-order valence-corrected chi connectivity index (χ4v) is 3.85. The van der Waals surface area contributed by atoms with Gasteiger partial charge >= 0.3 is 0 Å². The molecule has 0 heterocycles. The monoisotopic (exact) mass is 446 g/mol. The zero-order chi connectivity index (χ0) is 23.8. The normalized spacial score (nSPS) is 11.6. The van der Waals surface area contributed by atoms with Crippen LogP contribution in [-0.2, 0) is 29.0 Å². The van der Waals surface area contributed by atoms with Gasteiger partial charge in [0.1, 0.15) is 11.9 Å². The Balaban J connectivity index is 1.97. The van der Waals surface area contributed by atoms with Crippen molar-refractivity contribution >= 4 is 11.8 Å². The second-order valence-electron chi connectivity index (χ2n) is 8.31. The summed E-state index contributed by atoms with van der Waals surface area (Å²) in [5, 5.41) is 2.86. The van der Waals surface area contributed by atoms with Crippen LogP contribution in [0.25, 0.3) is 0 Å². The third-order valence-electron chi connectivity index (χ3n) is 5.85. The van der Waals surface area contributed by atoms with E-state index < -0.39 is 11.9 Å². The standard InChI is InChI=1S/C28H31FN2O2/c1-4-30-28(33)26(17-22-10-6-5-7-11-22)31(19-24-12-8-9-13-25(24)29)27(32)18-23-15-14-20(2)21(3)16-23/h5-16,26H,4,17-19H2,1-3H3,(H,30,33). The van der Waals surface area contributed by atoms with Crippen molar-refractivity contribution in [3.63, 3.8) is 0 Å². The molecule has 0 saturated carbocycles. The molecule has 0 aliphatic heterocycles. The molecule has 0 fully saturated rings. The van der Waals surface area contributed by atoms with E-state index in [2.05, 4.69) is 5.32 Å². The molecule has 33 heavy (non-hydrogen) atoms. The SMILES string of the molecule is CCNC(=O)C(Cc1ccccc1)N(Cc1ccccc1F)C(=O)Cc1ccc(C)c(C)c1. The third-order valence-corrected chi connectivity index (χ3v) is 5.85. The fraction of sp³-hybridized carbons (Fsp3) is 0.286. The highest BCUT2D eigenvalue weighted by Gasteiger charge is 2.30. The van der Waals surface area contributed by atoms with Gasteiger partial charge in [0, 0.05) is 25.1 Å². The van der Waals surface area contributed by atoms with Crippen LogP contribution in [0.3, 0.4) is 0 Å². The lowest BCUT2D eigenvalue weighted by atomic mass is 10.00. The largest absolute Gasteiger partial charge is 0.355 e. The lowest BCUT2D eigenvalue weighted by Gasteiger charge is -2.31. The lowest BCUT2D eigenvalue weighted by Crippen LogP contribution is -2.51. The Morgan fingerprint density at radius 3 is 2.27 bits per heavy atom. The van der Waals surface area contributed by atoms with E-state index in [1.165, 1.54) is 11.0 Å². The Bertz CT molecular complexity index is 1100. The van der Waals surface area contributed by atoms with Crippen molar-refractivity contribution in [2.75, 3.05) is 6.54 Å². The van der Waals surface area contributed by atoms with E-state index in [4.69, 9.17) is 0 Å². The van der Waals surface area contributed by atoms with Crippen LogP contribution in [0.5, 0.6) is 0 Å². The Morgan fingerprint density at radius 1 is 0.909 bits per heavy atom. The summed E-state index contributed by atoms with van der Waals surface area (Å²) in [6.07, 6.45) is 0.486. The first kappa shape index (κ1) is 24.2. The number of carbonyl (C=O) groups excluding carboxylic acids is 2. The second kappa shape index (κ2) is 11.4. The number of nitrogens with one attached hydrogen (secondary N) is 1. The van der Waals surface area contributed by atoms with Crippen molar-refractivity contribution < 1.29 is 14.0 Å². The zero-order valence-electron chi connectivity index (χ0n) is 19.5. The Kier molecular flexibility index (Phi) is 8.36. The molecule has 1 unspecified atom stereocenters. The molecule has 3 rings (SSSR count). The number of aryl methyl sites for hydroxylation is 2. The van der Waals surface area contributed by atoms with E-state index in [9.17, 15) is 14.0 Å². The summed E-state index contributed by atoms with van der Waals surface area (Å²) < 4.78 is 14.5. The first-order valence-electron chi connectivity index (χ1n) is 11.3. The molecule has 3 aromatic rings. The van der Waals surface area contributed by atoms with Crippen LogP contribution in [0.15, 0.2) is 72.8 Å². The molecule has 172 valence electrons. The number of carbonyl (C=O) groups is 2. The molecule has 5 heteroatoms. The topological polar surface area (TPSA) is 49.4 Å². The molecule has 3 aromatic carbocycles. The van der Waals surface area contributed by atoms with E-state index in [1.54, 1.807) is 18.2 Å². The van der Waals surface area contributed by atoms with E-state index in [0.717, 1.165) is 22.3 Å². The van der Waals surface area contributed by atoms with Crippen LogP contribution < -0.4 is 5.32 Å². The molecule has 0 aliphatic carbocycles. The predicted octanol–water partition coefficient (Wildman–Crippen LogP) is 4.76. The molecule has 1 atom stereocenters. The first-order valence-corrected chi connectivity index (χ1v) is 11.3. The molecule has 0 radical (unpaired) electrons. The van der Waals surface area contributed by atoms with Gasteiger partial charge in [-0.1, -0.05) is 66.7 Å². The first-order chi connectivity index (χ1) is 15.9. The van der Waals surface area contributed by atoms with Crippen molar-refractivity contribution in [1.29, 1.82) is 0 Å². The summed E-state index contributed by atoms with van der Waals surface area (Å²) in [7, 11) is 0. The Morgan fingerprint density at radius 2 is 1.61 bits per heavy atom. The summed E-state index contributed by atoms with van der Waals surface area (Å²) in [4.78, 5) is 28.2. The minimum Gasteiger partial charge on any atom is -0.355 e. The minimum absolute atomic E-state index is 0.0188. The number of halogens is 1. The molecule has 4 nitrogen and oxygen atoms in total. The van der Waals surface area contributed by atoms with Crippen LogP contribution in [0, 0.1) is 19.7 Å². The van der Waals surface area contributed by atoms with E-state index in [1.807, 2.05) is 69.3 Å². The maximum atomic E-state index is 14.5. The fourth-order valence-electron chi connectivity index (χ4n) is 3.85. The Labute approximate surface area is 195 Å². The highest BCUT2D eigenvalue weighted by Crippen LogP contribution is 2.19. The molecule has 0 aliphatic rings.